The fraction of sp³-hybridized carbons (Fsp3) is 0.231. The summed E-state index contributed by atoms with van der Waals surface area (Å²) in [5.41, 5.74) is 5.19. The summed E-state index contributed by atoms with van der Waals surface area (Å²) in [7, 11) is 0. The van der Waals surface area contributed by atoms with Crippen LogP contribution in [-0.2, 0) is 13.0 Å². The van der Waals surface area contributed by atoms with E-state index in [4.69, 9.17) is 0 Å². The van der Waals surface area contributed by atoms with E-state index in [0.29, 0.717) is 0 Å². The highest BCUT2D eigenvalue weighted by atomic mass is 14.9. The summed E-state index contributed by atoms with van der Waals surface area (Å²) >= 11 is 0. The third-order valence-electron chi connectivity index (χ3n) is 3.02. The molecule has 1 N–H and O–H groups in total. The highest BCUT2D eigenvalue weighted by Crippen LogP contribution is 2.26. The lowest BCUT2D eigenvalue weighted by atomic mass is 9.93. The fourth-order valence-electron chi connectivity index (χ4n) is 2.22. The van der Waals surface area contributed by atoms with Crippen molar-refractivity contribution in [3.63, 3.8) is 0 Å². The van der Waals surface area contributed by atoms with Gasteiger partial charge in [0.15, 0.2) is 0 Å². The first kappa shape index (κ1) is 9.48. The van der Waals surface area contributed by atoms with Gasteiger partial charge in [0, 0.05) is 24.5 Å². The maximum absolute atomic E-state index is 4.08. The number of hydrogen-bond acceptors (Lipinski definition) is 3. The Bertz CT molecular complexity index is 494. The second kappa shape index (κ2) is 4.02. The van der Waals surface area contributed by atoms with Gasteiger partial charge in [0.2, 0.25) is 0 Å². The smallest absolute Gasteiger partial charge is 0.115 e. The fourth-order valence-corrected chi connectivity index (χ4v) is 2.22. The van der Waals surface area contributed by atoms with Gasteiger partial charge in [-0.25, -0.2) is 9.97 Å². The maximum atomic E-state index is 4.08. The molecule has 0 saturated carbocycles. The van der Waals surface area contributed by atoms with Crippen LogP contribution >= 0.6 is 0 Å². The van der Waals surface area contributed by atoms with E-state index in [9.17, 15) is 0 Å². The van der Waals surface area contributed by atoms with E-state index in [1.54, 1.807) is 6.33 Å². The van der Waals surface area contributed by atoms with E-state index in [-0.39, 0.29) is 0 Å². The molecule has 0 radical (unpaired) electrons. The topological polar surface area (TPSA) is 37.8 Å². The number of benzene rings is 1. The highest BCUT2D eigenvalue weighted by molar-refractivity contribution is 5.67. The zero-order chi connectivity index (χ0) is 10.8. The van der Waals surface area contributed by atoms with Gasteiger partial charge in [0.1, 0.15) is 6.33 Å². The molecule has 0 bridgehead atoms. The summed E-state index contributed by atoms with van der Waals surface area (Å²) in [6, 6.07) is 6.47. The van der Waals surface area contributed by atoms with Crippen molar-refractivity contribution in [2.45, 2.75) is 13.0 Å². The molecule has 1 aliphatic heterocycles. The van der Waals surface area contributed by atoms with Gasteiger partial charge in [0.25, 0.3) is 0 Å². The number of rotatable bonds is 1. The third-order valence-corrected chi connectivity index (χ3v) is 3.02. The maximum Gasteiger partial charge on any atom is 0.115 e. The molecular weight excluding hydrogens is 198 g/mol. The van der Waals surface area contributed by atoms with Crippen molar-refractivity contribution in [1.82, 2.24) is 15.3 Å². The predicted molar refractivity (Wildman–Crippen MR) is 62.9 cm³/mol. The van der Waals surface area contributed by atoms with Crippen LogP contribution in [0, 0.1) is 0 Å². The molecule has 16 heavy (non-hydrogen) atoms. The average Bonchev–Trinajstić information content (AvgIpc) is 2.39. The summed E-state index contributed by atoms with van der Waals surface area (Å²) in [4.78, 5) is 8.16. The molecule has 0 saturated heterocycles. The van der Waals surface area contributed by atoms with Crippen molar-refractivity contribution in [3.8, 4) is 11.1 Å². The minimum Gasteiger partial charge on any atom is -0.312 e. The van der Waals surface area contributed by atoms with Gasteiger partial charge in [-0.1, -0.05) is 18.2 Å². The quantitative estimate of drug-likeness (QED) is 0.781. The molecule has 80 valence electrons. The summed E-state index contributed by atoms with van der Waals surface area (Å²) in [6.07, 6.45) is 6.42. The first-order chi connectivity index (χ1) is 7.95. The number of fused-ring (bicyclic) bond motifs is 1. The zero-order valence-electron chi connectivity index (χ0n) is 8.98. The molecule has 3 rings (SSSR count). The van der Waals surface area contributed by atoms with Crippen molar-refractivity contribution in [1.29, 1.82) is 0 Å². The Kier molecular flexibility index (Phi) is 2.38. The lowest BCUT2D eigenvalue weighted by Gasteiger charge is -2.20. The Morgan fingerprint density at radius 2 is 2.00 bits per heavy atom. The lowest BCUT2D eigenvalue weighted by molar-refractivity contribution is 0.645. The first-order valence-electron chi connectivity index (χ1n) is 5.52. The van der Waals surface area contributed by atoms with E-state index in [2.05, 4.69) is 33.5 Å². The summed E-state index contributed by atoms with van der Waals surface area (Å²) in [5, 5.41) is 3.41. The summed E-state index contributed by atoms with van der Waals surface area (Å²) in [6.45, 7) is 2.02. The van der Waals surface area contributed by atoms with E-state index in [1.165, 1.54) is 16.7 Å². The number of hydrogen-bond donors (Lipinski definition) is 1. The van der Waals surface area contributed by atoms with Gasteiger partial charge in [-0.2, -0.15) is 0 Å². The molecule has 0 spiro atoms. The van der Waals surface area contributed by atoms with Crippen LogP contribution in [-0.4, -0.2) is 16.5 Å². The molecule has 0 fully saturated rings. The van der Waals surface area contributed by atoms with Crippen LogP contribution in [0.5, 0.6) is 0 Å². The van der Waals surface area contributed by atoms with Gasteiger partial charge in [-0.05, 0) is 29.7 Å². The number of aromatic nitrogens is 2. The average molecular weight is 211 g/mol. The Balaban J connectivity index is 2.14. The molecular formula is C13H13N3. The van der Waals surface area contributed by atoms with Crippen LogP contribution in [0.1, 0.15) is 11.1 Å². The van der Waals surface area contributed by atoms with E-state index >= 15 is 0 Å². The molecule has 2 aromatic rings. The molecule has 0 unspecified atom stereocenters. The SMILES string of the molecule is c1cc2c(c(-c3cncnc3)c1)CNCC2. The van der Waals surface area contributed by atoms with Crippen LogP contribution in [0.25, 0.3) is 11.1 Å². The van der Waals surface area contributed by atoms with Crippen molar-refractivity contribution in [3.05, 3.63) is 48.0 Å². The van der Waals surface area contributed by atoms with Gasteiger partial charge in [-0.3, -0.25) is 0 Å². The van der Waals surface area contributed by atoms with Crippen molar-refractivity contribution in [2.75, 3.05) is 6.54 Å². The second-order valence-electron chi connectivity index (χ2n) is 4.00. The monoisotopic (exact) mass is 211 g/mol. The standard InChI is InChI=1S/C13H13N3/c1-2-10-4-5-14-8-13(10)12(3-1)11-6-15-9-16-7-11/h1-3,6-7,9,14H,4-5,8H2. The highest BCUT2D eigenvalue weighted by Gasteiger charge is 2.13. The molecule has 0 aliphatic carbocycles. The van der Waals surface area contributed by atoms with E-state index < -0.39 is 0 Å². The molecule has 2 heterocycles. The second-order valence-corrected chi connectivity index (χ2v) is 4.00. The number of nitrogens with zero attached hydrogens (tertiary/aromatic N) is 2. The predicted octanol–water partition coefficient (Wildman–Crippen LogP) is 1.79. The van der Waals surface area contributed by atoms with E-state index in [0.717, 1.165) is 25.1 Å². The summed E-state index contributed by atoms with van der Waals surface area (Å²) < 4.78 is 0. The molecule has 0 amide bonds. The molecule has 3 nitrogen and oxygen atoms in total. The van der Waals surface area contributed by atoms with Crippen molar-refractivity contribution < 1.29 is 0 Å². The van der Waals surface area contributed by atoms with Crippen LogP contribution in [0.2, 0.25) is 0 Å². The van der Waals surface area contributed by atoms with Crippen LogP contribution < -0.4 is 5.32 Å². The van der Waals surface area contributed by atoms with Gasteiger partial charge in [-0.15, -0.1) is 0 Å². The minimum atomic E-state index is 0.945. The molecule has 0 atom stereocenters. The summed E-state index contributed by atoms with van der Waals surface area (Å²) in [5.74, 6) is 0. The van der Waals surface area contributed by atoms with Gasteiger partial charge >= 0.3 is 0 Å². The molecule has 1 aromatic carbocycles. The van der Waals surface area contributed by atoms with Crippen LogP contribution in [0.3, 0.4) is 0 Å². The van der Waals surface area contributed by atoms with Crippen molar-refractivity contribution >= 4 is 0 Å². The molecule has 1 aliphatic rings. The van der Waals surface area contributed by atoms with E-state index in [1.807, 2.05) is 12.4 Å². The molecule has 1 aromatic heterocycles. The molecule has 3 heteroatoms. The minimum absolute atomic E-state index is 0.945. The van der Waals surface area contributed by atoms with Crippen molar-refractivity contribution in [2.24, 2.45) is 0 Å². The Morgan fingerprint density at radius 1 is 1.12 bits per heavy atom. The van der Waals surface area contributed by atoms with Gasteiger partial charge in [0.05, 0.1) is 0 Å². The van der Waals surface area contributed by atoms with Crippen LogP contribution in [0.4, 0.5) is 0 Å². The Labute approximate surface area is 94.6 Å². The third kappa shape index (κ3) is 1.59. The number of nitrogens with one attached hydrogen (secondary N) is 1. The Hall–Kier alpha value is -1.74. The van der Waals surface area contributed by atoms with Gasteiger partial charge < -0.3 is 5.32 Å². The van der Waals surface area contributed by atoms with Crippen LogP contribution in [0.15, 0.2) is 36.9 Å². The lowest BCUT2D eigenvalue weighted by Crippen LogP contribution is -2.24. The normalized spacial score (nSPS) is 14.5. The Morgan fingerprint density at radius 3 is 2.88 bits per heavy atom. The largest absolute Gasteiger partial charge is 0.312 e. The zero-order valence-corrected chi connectivity index (χ0v) is 8.98. The first-order valence-corrected chi connectivity index (χ1v) is 5.52.